The number of piperidine rings is 1. The van der Waals surface area contributed by atoms with Crippen LogP contribution in [0.3, 0.4) is 0 Å². The number of rotatable bonds is 2. The number of aliphatic hydroxyl groups is 1. The van der Waals surface area contributed by atoms with Gasteiger partial charge in [0.1, 0.15) is 10.9 Å². The largest absolute Gasteiger partial charge is 0.391 e. The number of thiophene rings is 1. The summed E-state index contributed by atoms with van der Waals surface area (Å²) in [5, 5.41) is 20.5. The van der Waals surface area contributed by atoms with Crippen LogP contribution in [0.1, 0.15) is 41.4 Å². The Morgan fingerprint density at radius 1 is 1.67 bits per heavy atom. The standard InChI is InChI=1S/C13H16N2O2S/c1-9(16)11-4-2-3-6-15(11)13(17)12-10(8-14)5-7-18-12/h5,7,9,11,16H,2-4,6H2,1H3. The van der Waals surface area contributed by atoms with Crippen LogP contribution in [-0.4, -0.2) is 34.6 Å². The molecule has 2 heterocycles. The molecule has 0 saturated carbocycles. The summed E-state index contributed by atoms with van der Waals surface area (Å²) < 4.78 is 0. The second-order valence-electron chi connectivity index (χ2n) is 4.58. The number of nitrogens with zero attached hydrogens (tertiary/aromatic N) is 2. The first-order valence-corrected chi connectivity index (χ1v) is 6.99. The van der Waals surface area contributed by atoms with Crippen LogP contribution in [0.2, 0.25) is 0 Å². The molecule has 1 amide bonds. The Morgan fingerprint density at radius 2 is 2.44 bits per heavy atom. The van der Waals surface area contributed by atoms with Crippen molar-refractivity contribution in [2.75, 3.05) is 6.54 Å². The Hall–Kier alpha value is -1.38. The lowest BCUT2D eigenvalue weighted by Gasteiger charge is -2.37. The van der Waals surface area contributed by atoms with Crippen LogP contribution >= 0.6 is 11.3 Å². The van der Waals surface area contributed by atoms with E-state index in [0.717, 1.165) is 19.3 Å². The van der Waals surface area contributed by atoms with Crippen molar-refractivity contribution in [3.8, 4) is 6.07 Å². The fourth-order valence-corrected chi connectivity index (χ4v) is 3.20. The number of carbonyl (C=O) groups excluding carboxylic acids is 1. The minimum absolute atomic E-state index is 0.118. The molecule has 4 nitrogen and oxygen atoms in total. The first-order chi connectivity index (χ1) is 8.65. The summed E-state index contributed by atoms with van der Waals surface area (Å²) in [4.78, 5) is 14.6. The van der Waals surface area contributed by atoms with Crippen molar-refractivity contribution in [1.82, 2.24) is 4.90 Å². The third kappa shape index (κ3) is 2.40. The van der Waals surface area contributed by atoms with Crippen LogP contribution < -0.4 is 0 Å². The maximum Gasteiger partial charge on any atom is 0.265 e. The second-order valence-corrected chi connectivity index (χ2v) is 5.49. The second kappa shape index (κ2) is 5.51. The minimum Gasteiger partial charge on any atom is -0.391 e. The number of aliphatic hydroxyl groups excluding tert-OH is 1. The molecule has 1 N–H and O–H groups in total. The minimum atomic E-state index is -0.528. The molecule has 18 heavy (non-hydrogen) atoms. The zero-order valence-corrected chi connectivity index (χ0v) is 11.1. The molecule has 1 aliphatic heterocycles. The highest BCUT2D eigenvalue weighted by Crippen LogP contribution is 2.25. The Labute approximate surface area is 110 Å². The van der Waals surface area contributed by atoms with E-state index in [0.29, 0.717) is 17.0 Å². The van der Waals surface area contributed by atoms with Gasteiger partial charge in [-0.05, 0) is 37.6 Å². The van der Waals surface area contributed by atoms with Crippen LogP contribution in [0.15, 0.2) is 11.4 Å². The summed E-state index contributed by atoms with van der Waals surface area (Å²) >= 11 is 1.29. The smallest absolute Gasteiger partial charge is 0.265 e. The van der Waals surface area contributed by atoms with E-state index in [1.165, 1.54) is 11.3 Å². The fourth-order valence-electron chi connectivity index (χ4n) is 2.40. The Kier molecular flexibility index (Phi) is 4.00. The molecular weight excluding hydrogens is 248 g/mol. The quantitative estimate of drug-likeness (QED) is 0.888. The van der Waals surface area contributed by atoms with Gasteiger partial charge in [-0.15, -0.1) is 11.3 Å². The molecule has 0 spiro atoms. The first kappa shape index (κ1) is 13.1. The first-order valence-electron chi connectivity index (χ1n) is 6.11. The maximum atomic E-state index is 12.4. The molecule has 1 saturated heterocycles. The van der Waals surface area contributed by atoms with Crippen molar-refractivity contribution in [2.24, 2.45) is 0 Å². The molecular formula is C13H16N2O2S. The van der Waals surface area contributed by atoms with Gasteiger partial charge in [-0.1, -0.05) is 0 Å². The molecule has 96 valence electrons. The van der Waals surface area contributed by atoms with Gasteiger partial charge in [-0.2, -0.15) is 5.26 Å². The van der Waals surface area contributed by atoms with E-state index in [1.807, 2.05) is 6.07 Å². The summed E-state index contributed by atoms with van der Waals surface area (Å²) in [6.45, 7) is 2.38. The average Bonchev–Trinajstić information content (AvgIpc) is 2.86. The molecule has 0 radical (unpaired) electrons. The van der Waals surface area contributed by atoms with E-state index in [9.17, 15) is 9.90 Å². The molecule has 2 unspecified atom stereocenters. The summed E-state index contributed by atoms with van der Waals surface area (Å²) in [5.74, 6) is -0.118. The topological polar surface area (TPSA) is 64.3 Å². The van der Waals surface area contributed by atoms with Gasteiger partial charge in [0.2, 0.25) is 0 Å². The number of likely N-dealkylation sites (tertiary alicyclic amines) is 1. The Bertz CT molecular complexity index is 476. The summed E-state index contributed by atoms with van der Waals surface area (Å²) in [6, 6.07) is 3.58. The number of hydrogen-bond acceptors (Lipinski definition) is 4. The molecule has 5 heteroatoms. The van der Waals surface area contributed by atoms with E-state index < -0.39 is 6.10 Å². The van der Waals surface area contributed by atoms with Crippen molar-refractivity contribution in [3.05, 3.63) is 21.9 Å². The highest BCUT2D eigenvalue weighted by Gasteiger charge is 2.31. The lowest BCUT2D eigenvalue weighted by molar-refractivity contribution is 0.0284. The van der Waals surface area contributed by atoms with Gasteiger partial charge in [0.05, 0.1) is 17.7 Å². The molecule has 2 atom stereocenters. The zero-order valence-electron chi connectivity index (χ0n) is 10.3. The maximum absolute atomic E-state index is 12.4. The fraction of sp³-hybridized carbons (Fsp3) is 0.538. The molecule has 1 aromatic heterocycles. The Morgan fingerprint density at radius 3 is 3.11 bits per heavy atom. The van der Waals surface area contributed by atoms with E-state index in [-0.39, 0.29) is 11.9 Å². The normalized spacial score (nSPS) is 21.4. The van der Waals surface area contributed by atoms with Crippen LogP contribution in [0, 0.1) is 11.3 Å². The van der Waals surface area contributed by atoms with Crippen molar-refractivity contribution < 1.29 is 9.90 Å². The zero-order chi connectivity index (χ0) is 13.1. The number of amides is 1. The van der Waals surface area contributed by atoms with Crippen LogP contribution in [0.4, 0.5) is 0 Å². The van der Waals surface area contributed by atoms with Gasteiger partial charge in [0, 0.05) is 6.54 Å². The monoisotopic (exact) mass is 264 g/mol. The van der Waals surface area contributed by atoms with Crippen molar-refractivity contribution in [3.63, 3.8) is 0 Å². The van der Waals surface area contributed by atoms with E-state index in [2.05, 4.69) is 0 Å². The summed E-state index contributed by atoms with van der Waals surface area (Å²) in [7, 11) is 0. The molecule has 0 aromatic carbocycles. The number of carbonyl (C=O) groups is 1. The highest BCUT2D eigenvalue weighted by atomic mass is 32.1. The van der Waals surface area contributed by atoms with Crippen LogP contribution in [0.5, 0.6) is 0 Å². The molecule has 0 bridgehead atoms. The molecule has 1 aliphatic rings. The van der Waals surface area contributed by atoms with Gasteiger partial charge >= 0.3 is 0 Å². The lowest BCUT2D eigenvalue weighted by Crippen LogP contribution is -2.48. The third-order valence-corrected chi connectivity index (χ3v) is 4.25. The predicted octanol–water partition coefficient (Wildman–Crippen LogP) is 2.00. The van der Waals surface area contributed by atoms with Gasteiger partial charge in [0.25, 0.3) is 5.91 Å². The van der Waals surface area contributed by atoms with Crippen molar-refractivity contribution >= 4 is 17.2 Å². The lowest BCUT2D eigenvalue weighted by atomic mass is 9.97. The number of hydrogen-bond donors (Lipinski definition) is 1. The van der Waals surface area contributed by atoms with Gasteiger partial charge in [-0.3, -0.25) is 4.79 Å². The van der Waals surface area contributed by atoms with Crippen molar-refractivity contribution in [1.29, 1.82) is 5.26 Å². The predicted molar refractivity (Wildman–Crippen MR) is 69.4 cm³/mol. The molecule has 1 aromatic rings. The third-order valence-electron chi connectivity index (χ3n) is 3.35. The average molecular weight is 264 g/mol. The van der Waals surface area contributed by atoms with Crippen molar-refractivity contribution in [2.45, 2.75) is 38.3 Å². The number of nitriles is 1. The summed E-state index contributed by atoms with van der Waals surface area (Å²) in [5.41, 5.74) is 0.430. The van der Waals surface area contributed by atoms with E-state index >= 15 is 0 Å². The van der Waals surface area contributed by atoms with E-state index in [4.69, 9.17) is 5.26 Å². The molecule has 0 aliphatic carbocycles. The van der Waals surface area contributed by atoms with Crippen LogP contribution in [0.25, 0.3) is 0 Å². The molecule has 1 fully saturated rings. The van der Waals surface area contributed by atoms with E-state index in [1.54, 1.807) is 23.3 Å². The van der Waals surface area contributed by atoms with Gasteiger partial charge in [-0.25, -0.2) is 0 Å². The Balaban J connectivity index is 2.24. The van der Waals surface area contributed by atoms with Gasteiger partial charge < -0.3 is 10.0 Å². The molecule has 2 rings (SSSR count). The summed E-state index contributed by atoms with van der Waals surface area (Å²) in [6.07, 6.45) is 2.30. The highest BCUT2D eigenvalue weighted by molar-refractivity contribution is 7.12. The van der Waals surface area contributed by atoms with Gasteiger partial charge in [0.15, 0.2) is 0 Å². The van der Waals surface area contributed by atoms with Crippen LogP contribution in [-0.2, 0) is 0 Å². The SMILES string of the molecule is CC(O)C1CCCCN1C(=O)c1sccc1C#N.